The van der Waals surface area contributed by atoms with Crippen molar-refractivity contribution in [3.63, 3.8) is 0 Å². The molecule has 72 heavy (non-hydrogen) atoms. The van der Waals surface area contributed by atoms with E-state index in [0.29, 0.717) is 6.42 Å². The van der Waals surface area contributed by atoms with E-state index in [-0.39, 0.29) is 38.6 Å². The molecule has 2 unspecified atom stereocenters. The second kappa shape index (κ2) is 58.0. The Morgan fingerprint density at radius 1 is 0.431 bits per heavy atom. The maximum absolute atomic E-state index is 12.7. The maximum Gasteiger partial charge on any atom is 0.472 e. The van der Waals surface area contributed by atoms with E-state index in [1.165, 1.54) is 193 Å². The minimum Gasteiger partial charge on any atom is -0.462 e. The van der Waals surface area contributed by atoms with Crippen LogP contribution < -0.4 is 5.73 Å². The van der Waals surface area contributed by atoms with E-state index in [4.69, 9.17) is 24.3 Å². The zero-order valence-electron chi connectivity index (χ0n) is 46.9. The lowest BCUT2D eigenvalue weighted by atomic mass is 10.0. The third-order valence-electron chi connectivity index (χ3n) is 13.2. The summed E-state index contributed by atoms with van der Waals surface area (Å²) in [6.45, 7) is 3.66. The highest BCUT2D eigenvalue weighted by molar-refractivity contribution is 7.47. The van der Waals surface area contributed by atoms with Crippen LogP contribution in [0.25, 0.3) is 0 Å². The Bertz CT molecular complexity index is 1360. The summed E-state index contributed by atoms with van der Waals surface area (Å²) in [6, 6.07) is 0. The van der Waals surface area contributed by atoms with Gasteiger partial charge in [-0.15, -0.1) is 0 Å². The first-order valence-corrected chi connectivity index (χ1v) is 31.8. The highest BCUT2D eigenvalue weighted by atomic mass is 31.2. The smallest absolute Gasteiger partial charge is 0.462 e. The van der Waals surface area contributed by atoms with E-state index < -0.39 is 26.5 Å². The van der Waals surface area contributed by atoms with Crippen LogP contribution in [-0.4, -0.2) is 49.3 Å². The molecule has 0 rings (SSSR count). The lowest BCUT2D eigenvalue weighted by Crippen LogP contribution is -2.29. The van der Waals surface area contributed by atoms with Gasteiger partial charge in [-0.2, -0.15) is 0 Å². The van der Waals surface area contributed by atoms with Crippen molar-refractivity contribution in [3.8, 4) is 0 Å². The molecule has 0 aliphatic rings. The Labute approximate surface area is 444 Å². The molecule has 0 aromatic heterocycles. The van der Waals surface area contributed by atoms with E-state index in [2.05, 4.69) is 74.6 Å². The number of phosphoric ester groups is 1. The molecule has 0 bridgehead atoms. The van der Waals surface area contributed by atoms with Crippen LogP contribution in [-0.2, 0) is 32.7 Å². The van der Waals surface area contributed by atoms with Crippen LogP contribution in [0.5, 0.6) is 0 Å². The summed E-state index contributed by atoms with van der Waals surface area (Å²) in [7, 11) is -4.38. The van der Waals surface area contributed by atoms with Crippen molar-refractivity contribution in [2.24, 2.45) is 5.73 Å². The molecular formula is C62H114NO8P. The van der Waals surface area contributed by atoms with Crippen LogP contribution in [0.2, 0.25) is 0 Å². The van der Waals surface area contributed by atoms with Gasteiger partial charge in [-0.1, -0.05) is 280 Å². The molecule has 0 saturated heterocycles. The van der Waals surface area contributed by atoms with Gasteiger partial charge in [0.15, 0.2) is 6.10 Å². The van der Waals surface area contributed by atoms with Crippen molar-refractivity contribution in [3.05, 3.63) is 60.8 Å². The SMILES string of the molecule is CC/C=C\C/C=C\C/C=C\C/C=C\C/C=C\CCCCCCCCCCCCCCCCCCCCCCCC(=O)OC(COC(=O)CCCCCCCCCCCCCCCC)COP(=O)(O)OCCN. The van der Waals surface area contributed by atoms with E-state index in [0.717, 1.165) is 64.2 Å². The number of hydrogen-bond donors (Lipinski definition) is 2. The first-order chi connectivity index (χ1) is 35.3. The summed E-state index contributed by atoms with van der Waals surface area (Å²) in [5.74, 6) is -0.813. The minimum absolute atomic E-state index is 0.0552. The molecule has 2 atom stereocenters. The number of ether oxygens (including phenoxy) is 2. The molecule has 0 aliphatic heterocycles. The maximum atomic E-state index is 12.7. The Kier molecular flexibility index (Phi) is 56.1. The fraction of sp³-hybridized carbons (Fsp3) is 0.806. The minimum atomic E-state index is -4.38. The topological polar surface area (TPSA) is 134 Å². The average Bonchev–Trinajstić information content (AvgIpc) is 3.37. The van der Waals surface area contributed by atoms with Crippen molar-refractivity contribution in [1.82, 2.24) is 0 Å². The van der Waals surface area contributed by atoms with Gasteiger partial charge in [0.25, 0.3) is 0 Å². The third-order valence-corrected chi connectivity index (χ3v) is 14.2. The molecular weight excluding hydrogens is 918 g/mol. The van der Waals surface area contributed by atoms with Crippen LogP contribution in [0, 0.1) is 0 Å². The van der Waals surface area contributed by atoms with Gasteiger partial charge in [0, 0.05) is 19.4 Å². The fourth-order valence-electron chi connectivity index (χ4n) is 8.72. The summed E-state index contributed by atoms with van der Waals surface area (Å²) in [5, 5.41) is 0. The van der Waals surface area contributed by atoms with Crippen molar-refractivity contribution in [1.29, 1.82) is 0 Å². The van der Waals surface area contributed by atoms with Gasteiger partial charge >= 0.3 is 19.8 Å². The summed E-state index contributed by atoms with van der Waals surface area (Å²) in [6.07, 6.45) is 73.0. The normalized spacial score (nSPS) is 13.4. The van der Waals surface area contributed by atoms with Crippen LogP contribution in [0.1, 0.15) is 290 Å². The van der Waals surface area contributed by atoms with Gasteiger partial charge in [-0.25, -0.2) is 4.57 Å². The average molecular weight is 1030 g/mol. The molecule has 0 aromatic carbocycles. The van der Waals surface area contributed by atoms with Crippen LogP contribution in [0.15, 0.2) is 60.8 Å². The summed E-state index contributed by atoms with van der Waals surface area (Å²) in [4.78, 5) is 35.1. The van der Waals surface area contributed by atoms with Gasteiger partial charge in [-0.3, -0.25) is 18.6 Å². The molecule has 420 valence electrons. The Morgan fingerprint density at radius 3 is 1.14 bits per heavy atom. The number of rotatable bonds is 57. The van der Waals surface area contributed by atoms with Gasteiger partial charge in [0.05, 0.1) is 13.2 Å². The first kappa shape index (κ1) is 69.7. The molecule has 0 aliphatic carbocycles. The van der Waals surface area contributed by atoms with Gasteiger partial charge in [0.1, 0.15) is 6.61 Å². The third kappa shape index (κ3) is 57.0. The van der Waals surface area contributed by atoms with Gasteiger partial charge in [0.2, 0.25) is 0 Å². The molecule has 0 saturated carbocycles. The standard InChI is InChI=1S/C62H114NO8P/c1-3-5-7-9-11-13-15-17-19-20-21-22-23-24-25-26-27-28-29-30-31-32-33-34-35-36-37-38-39-40-41-43-45-47-49-51-53-55-62(65)71-60(59-70-72(66,67)69-57-56-63)58-68-61(64)54-52-50-48-46-44-42-18-16-14-12-10-8-6-4-2/h5,7,11,13,17,19,21-22,24-25,60H,3-4,6,8-10,12,14-16,18,20,23,26-59,63H2,1-2H3,(H,66,67)/b7-5-,13-11-,19-17-,22-21-,25-24-. The quantitative estimate of drug-likeness (QED) is 0.0264. The summed E-state index contributed by atoms with van der Waals surface area (Å²) < 4.78 is 33.0. The highest BCUT2D eigenvalue weighted by Gasteiger charge is 2.26. The fourth-order valence-corrected chi connectivity index (χ4v) is 9.49. The van der Waals surface area contributed by atoms with Gasteiger partial charge < -0.3 is 20.1 Å². The Hall–Kier alpha value is -2.29. The van der Waals surface area contributed by atoms with E-state index in [1.54, 1.807) is 0 Å². The number of hydrogen-bond acceptors (Lipinski definition) is 8. The number of unbranched alkanes of at least 4 members (excludes halogenated alkanes) is 34. The number of carbonyl (C=O) groups excluding carboxylic acids is 2. The molecule has 0 aromatic rings. The number of esters is 2. The first-order valence-electron chi connectivity index (χ1n) is 30.3. The van der Waals surface area contributed by atoms with Crippen molar-refractivity contribution in [2.75, 3.05) is 26.4 Å². The molecule has 0 fully saturated rings. The highest BCUT2D eigenvalue weighted by Crippen LogP contribution is 2.43. The van der Waals surface area contributed by atoms with Crippen molar-refractivity contribution >= 4 is 19.8 Å². The summed E-state index contributed by atoms with van der Waals surface area (Å²) >= 11 is 0. The molecule has 0 radical (unpaired) electrons. The van der Waals surface area contributed by atoms with E-state index in [9.17, 15) is 19.0 Å². The van der Waals surface area contributed by atoms with Crippen LogP contribution in [0.4, 0.5) is 0 Å². The lowest BCUT2D eigenvalue weighted by molar-refractivity contribution is -0.161. The second-order valence-electron chi connectivity index (χ2n) is 20.2. The van der Waals surface area contributed by atoms with Crippen molar-refractivity contribution < 1.29 is 37.6 Å². The van der Waals surface area contributed by atoms with Crippen molar-refractivity contribution in [2.45, 2.75) is 296 Å². The predicted octanol–water partition coefficient (Wildman–Crippen LogP) is 19.1. The van der Waals surface area contributed by atoms with E-state index >= 15 is 0 Å². The van der Waals surface area contributed by atoms with Crippen LogP contribution >= 0.6 is 7.82 Å². The molecule has 10 heteroatoms. The molecule has 0 amide bonds. The second-order valence-corrected chi connectivity index (χ2v) is 21.7. The molecule has 0 spiro atoms. The Balaban J connectivity index is 3.80. The summed E-state index contributed by atoms with van der Waals surface area (Å²) in [5.41, 5.74) is 5.38. The lowest BCUT2D eigenvalue weighted by Gasteiger charge is -2.19. The monoisotopic (exact) mass is 1030 g/mol. The number of nitrogens with two attached hydrogens (primary N) is 1. The van der Waals surface area contributed by atoms with Gasteiger partial charge in [-0.05, 0) is 57.8 Å². The number of allylic oxidation sites excluding steroid dienone is 10. The van der Waals surface area contributed by atoms with Crippen LogP contribution in [0.3, 0.4) is 0 Å². The molecule has 0 heterocycles. The number of phosphoric acid groups is 1. The number of carbonyl (C=O) groups is 2. The zero-order valence-corrected chi connectivity index (χ0v) is 47.8. The zero-order chi connectivity index (χ0) is 52.4. The van der Waals surface area contributed by atoms with E-state index in [1.807, 2.05) is 0 Å². The molecule has 9 nitrogen and oxygen atoms in total. The largest absolute Gasteiger partial charge is 0.472 e. The molecule has 3 N–H and O–H groups in total. The predicted molar refractivity (Wildman–Crippen MR) is 307 cm³/mol. The Morgan fingerprint density at radius 2 is 0.764 bits per heavy atom.